The summed E-state index contributed by atoms with van der Waals surface area (Å²) >= 11 is 0. The molecule has 0 amide bonds. The summed E-state index contributed by atoms with van der Waals surface area (Å²) in [5.41, 5.74) is 4.02. The van der Waals surface area contributed by atoms with Crippen LogP contribution in [0.15, 0.2) is 18.6 Å². The van der Waals surface area contributed by atoms with Crippen LogP contribution in [0.3, 0.4) is 0 Å². The summed E-state index contributed by atoms with van der Waals surface area (Å²) in [7, 11) is 2.04. The van der Waals surface area contributed by atoms with Crippen LogP contribution in [0.5, 0.6) is 0 Å². The van der Waals surface area contributed by atoms with Crippen LogP contribution < -0.4 is 5.32 Å². The molecule has 0 saturated carbocycles. The number of aromatic nitrogens is 4. The van der Waals surface area contributed by atoms with Crippen LogP contribution >= 0.6 is 0 Å². The minimum atomic E-state index is 0.0413. The summed E-state index contributed by atoms with van der Waals surface area (Å²) in [5.74, 6) is 0. The predicted molar refractivity (Wildman–Crippen MR) is 82.9 cm³/mol. The molecule has 1 N–H and O–H groups in total. The fourth-order valence-electron chi connectivity index (χ4n) is 2.98. The Balaban J connectivity index is 1.67. The van der Waals surface area contributed by atoms with Crippen molar-refractivity contribution in [1.29, 1.82) is 0 Å². The zero-order chi connectivity index (χ0) is 15.0. The molecule has 114 valence electrons. The maximum atomic E-state index is 4.46. The van der Waals surface area contributed by atoms with Gasteiger partial charge in [0.05, 0.1) is 17.9 Å². The quantitative estimate of drug-likeness (QED) is 0.943. The lowest BCUT2D eigenvalue weighted by Gasteiger charge is -2.23. The van der Waals surface area contributed by atoms with E-state index in [1.807, 2.05) is 28.8 Å². The SMILES string of the molecule is Cn1ncc2c1CCC[C@H]2NCc1cnn(C(C)(C)C)c1. The Morgan fingerprint density at radius 2 is 2.10 bits per heavy atom. The standard InChI is InChI=1S/C16H25N5/c1-16(2,3)21-11-12(9-19-21)8-17-14-6-5-7-15-13(14)10-18-20(15)4/h9-11,14,17H,5-8H2,1-4H3/t14-/m1/s1. The van der Waals surface area contributed by atoms with Gasteiger partial charge in [0.2, 0.25) is 0 Å². The summed E-state index contributed by atoms with van der Waals surface area (Å²) < 4.78 is 4.04. The van der Waals surface area contributed by atoms with Crippen LogP contribution in [0, 0.1) is 0 Å². The van der Waals surface area contributed by atoms with Crippen molar-refractivity contribution in [2.24, 2.45) is 7.05 Å². The van der Waals surface area contributed by atoms with E-state index in [1.54, 1.807) is 0 Å². The van der Waals surface area contributed by atoms with Crippen molar-refractivity contribution in [3.8, 4) is 0 Å². The van der Waals surface area contributed by atoms with E-state index in [0.29, 0.717) is 6.04 Å². The molecule has 2 aromatic heterocycles. The van der Waals surface area contributed by atoms with Gasteiger partial charge in [0.1, 0.15) is 0 Å². The topological polar surface area (TPSA) is 47.7 Å². The Morgan fingerprint density at radius 1 is 1.29 bits per heavy atom. The van der Waals surface area contributed by atoms with E-state index in [1.165, 1.54) is 29.7 Å². The normalized spacial score (nSPS) is 18.8. The van der Waals surface area contributed by atoms with Gasteiger partial charge in [0.25, 0.3) is 0 Å². The zero-order valence-corrected chi connectivity index (χ0v) is 13.4. The lowest BCUT2D eigenvalue weighted by molar-refractivity contribution is 0.355. The van der Waals surface area contributed by atoms with Gasteiger partial charge >= 0.3 is 0 Å². The third kappa shape index (κ3) is 2.88. The molecule has 0 aliphatic heterocycles. The molecule has 5 nitrogen and oxygen atoms in total. The van der Waals surface area contributed by atoms with E-state index in [4.69, 9.17) is 0 Å². The molecular weight excluding hydrogens is 262 g/mol. The maximum Gasteiger partial charge on any atom is 0.0543 e. The van der Waals surface area contributed by atoms with Gasteiger partial charge < -0.3 is 5.32 Å². The molecule has 2 aromatic rings. The monoisotopic (exact) mass is 287 g/mol. The van der Waals surface area contributed by atoms with Gasteiger partial charge in [-0.2, -0.15) is 10.2 Å². The van der Waals surface area contributed by atoms with Crippen LogP contribution in [-0.4, -0.2) is 19.6 Å². The highest BCUT2D eigenvalue weighted by Gasteiger charge is 2.23. The molecule has 0 unspecified atom stereocenters. The maximum absolute atomic E-state index is 4.46. The van der Waals surface area contributed by atoms with Crippen molar-refractivity contribution in [3.05, 3.63) is 35.4 Å². The predicted octanol–water partition coefficient (Wildman–Crippen LogP) is 2.54. The van der Waals surface area contributed by atoms with Crippen molar-refractivity contribution in [1.82, 2.24) is 24.9 Å². The summed E-state index contributed by atoms with van der Waals surface area (Å²) in [6, 6.07) is 0.417. The van der Waals surface area contributed by atoms with Crippen molar-refractivity contribution in [2.45, 2.75) is 58.2 Å². The lowest BCUT2D eigenvalue weighted by Crippen LogP contribution is -2.25. The van der Waals surface area contributed by atoms with Crippen molar-refractivity contribution < 1.29 is 0 Å². The van der Waals surface area contributed by atoms with Crippen molar-refractivity contribution >= 4 is 0 Å². The number of hydrogen-bond acceptors (Lipinski definition) is 3. The summed E-state index contributed by atoms with van der Waals surface area (Å²) in [5, 5.41) is 12.5. The van der Waals surface area contributed by atoms with Crippen LogP contribution in [0.2, 0.25) is 0 Å². The molecular formula is C16H25N5. The summed E-state index contributed by atoms with van der Waals surface area (Å²) in [4.78, 5) is 0. The second kappa shape index (κ2) is 5.30. The average Bonchev–Trinajstić information content (AvgIpc) is 3.04. The minimum absolute atomic E-state index is 0.0413. The molecule has 5 heteroatoms. The van der Waals surface area contributed by atoms with E-state index in [9.17, 15) is 0 Å². The second-order valence-corrected chi connectivity index (χ2v) is 6.96. The van der Waals surface area contributed by atoms with Crippen molar-refractivity contribution in [3.63, 3.8) is 0 Å². The van der Waals surface area contributed by atoms with Gasteiger partial charge in [-0.1, -0.05) is 0 Å². The van der Waals surface area contributed by atoms with E-state index < -0.39 is 0 Å². The highest BCUT2D eigenvalue weighted by molar-refractivity contribution is 5.25. The van der Waals surface area contributed by atoms with Gasteiger partial charge in [0.15, 0.2) is 0 Å². The number of nitrogens with zero attached hydrogens (tertiary/aromatic N) is 4. The first-order valence-corrected chi connectivity index (χ1v) is 7.73. The smallest absolute Gasteiger partial charge is 0.0543 e. The summed E-state index contributed by atoms with van der Waals surface area (Å²) in [6.07, 6.45) is 9.68. The number of nitrogens with one attached hydrogen (secondary N) is 1. The molecule has 0 radical (unpaired) electrons. The van der Waals surface area contributed by atoms with Crippen LogP contribution in [-0.2, 0) is 25.6 Å². The molecule has 1 aliphatic carbocycles. The zero-order valence-electron chi connectivity index (χ0n) is 13.4. The molecule has 1 atom stereocenters. The molecule has 3 rings (SSSR count). The molecule has 21 heavy (non-hydrogen) atoms. The Hall–Kier alpha value is -1.62. The van der Waals surface area contributed by atoms with Crippen LogP contribution in [0.4, 0.5) is 0 Å². The van der Waals surface area contributed by atoms with Crippen molar-refractivity contribution in [2.75, 3.05) is 0 Å². The van der Waals surface area contributed by atoms with Crippen LogP contribution in [0.25, 0.3) is 0 Å². The first kappa shape index (κ1) is 14.3. The first-order chi connectivity index (χ1) is 9.95. The molecule has 0 spiro atoms. The largest absolute Gasteiger partial charge is 0.306 e. The third-order valence-corrected chi connectivity index (χ3v) is 4.25. The Bertz CT molecular complexity index is 617. The average molecular weight is 287 g/mol. The van der Waals surface area contributed by atoms with E-state index in [2.05, 4.69) is 42.5 Å². The van der Waals surface area contributed by atoms with E-state index in [0.717, 1.165) is 13.0 Å². The summed E-state index contributed by atoms with van der Waals surface area (Å²) in [6.45, 7) is 7.36. The molecule has 2 heterocycles. The molecule has 0 saturated heterocycles. The fourth-order valence-corrected chi connectivity index (χ4v) is 2.98. The number of aryl methyl sites for hydroxylation is 1. The highest BCUT2D eigenvalue weighted by Crippen LogP contribution is 2.29. The fraction of sp³-hybridized carbons (Fsp3) is 0.625. The van der Waals surface area contributed by atoms with E-state index in [-0.39, 0.29) is 5.54 Å². The highest BCUT2D eigenvalue weighted by atomic mass is 15.3. The Kier molecular flexibility index (Phi) is 3.61. The molecule has 0 fully saturated rings. The minimum Gasteiger partial charge on any atom is -0.306 e. The molecule has 0 bridgehead atoms. The lowest BCUT2D eigenvalue weighted by atomic mass is 9.93. The molecule has 1 aliphatic rings. The van der Waals surface area contributed by atoms with Gasteiger partial charge in [-0.05, 0) is 40.0 Å². The second-order valence-electron chi connectivity index (χ2n) is 6.96. The third-order valence-electron chi connectivity index (χ3n) is 4.25. The van der Waals surface area contributed by atoms with E-state index >= 15 is 0 Å². The Labute approximate surface area is 126 Å². The number of rotatable bonds is 3. The van der Waals surface area contributed by atoms with Gasteiger partial charge in [-0.3, -0.25) is 9.36 Å². The van der Waals surface area contributed by atoms with Gasteiger partial charge in [0, 0.05) is 42.7 Å². The van der Waals surface area contributed by atoms with Crippen LogP contribution in [0.1, 0.15) is 56.5 Å². The molecule has 0 aromatic carbocycles. The number of fused-ring (bicyclic) bond motifs is 1. The van der Waals surface area contributed by atoms with Gasteiger partial charge in [-0.15, -0.1) is 0 Å². The first-order valence-electron chi connectivity index (χ1n) is 7.73. The Morgan fingerprint density at radius 3 is 2.81 bits per heavy atom. The van der Waals surface area contributed by atoms with Gasteiger partial charge in [-0.25, -0.2) is 0 Å². The number of hydrogen-bond donors (Lipinski definition) is 1.